The topological polar surface area (TPSA) is 55.8 Å². The van der Waals surface area contributed by atoms with Crippen LogP contribution < -0.4 is 0 Å². The van der Waals surface area contributed by atoms with Crippen LogP contribution in [0.3, 0.4) is 0 Å². The van der Waals surface area contributed by atoms with Gasteiger partial charge in [0.05, 0.1) is 18.8 Å². The Hall–Kier alpha value is -1.39. The van der Waals surface area contributed by atoms with E-state index in [0.717, 1.165) is 0 Å². The molecule has 1 fully saturated rings. The fraction of sp³-hybridized carbons (Fsp3) is 0.364. The number of aliphatic hydroxyl groups excluding tert-OH is 1. The number of benzene rings is 1. The van der Waals surface area contributed by atoms with Gasteiger partial charge in [0.25, 0.3) is 0 Å². The molecule has 1 aliphatic rings. The highest BCUT2D eigenvalue weighted by Crippen LogP contribution is 2.12. The Kier molecular flexibility index (Phi) is 2.99. The van der Waals surface area contributed by atoms with Gasteiger partial charge in [-0.05, 0) is 12.1 Å². The molecular formula is C11H12O4. The van der Waals surface area contributed by atoms with E-state index in [1.54, 1.807) is 24.3 Å². The molecule has 1 saturated heterocycles. The molecule has 0 aromatic heterocycles. The maximum atomic E-state index is 11.6. The molecule has 80 valence electrons. The molecule has 15 heavy (non-hydrogen) atoms. The SMILES string of the molecule is O=C(O[C@H]1COC[C@@H]1O)c1ccccc1. The van der Waals surface area contributed by atoms with Gasteiger partial charge in [0.1, 0.15) is 6.10 Å². The first-order valence-electron chi connectivity index (χ1n) is 4.79. The van der Waals surface area contributed by atoms with Crippen LogP contribution in [-0.2, 0) is 9.47 Å². The summed E-state index contributed by atoms with van der Waals surface area (Å²) in [5.74, 6) is -0.426. The molecule has 0 saturated carbocycles. The average molecular weight is 208 g/mol. The molecule has 0 aliphatic carbocycles. The monoisotopic (exact) mass is 208 g/mol. The minimum atomic E-state index is -0.710. The van der Waals surface area contributed by atoms with Crippen LogP contribution in [0.15, 0.2) is 30.3 Å². The highest BCUT2D eigenvalue weighted by atomic mass is 16.6. The summed E-state index contributed by atoms with van der Waals surface area (Å²) < 4.78 is 10.1. The zero-order valence-electron chi connectivity index (χ0n) is 8.13. The van der Waals surface area contributed by atoms with Crippen molar-refractivity contribution >= 4 is 5.97 Å². The van der Waals surface area contributed by atoms with Crippen molar-refractivity contribution in [3.8, 4) is 0 Å². The number of rotatable bonds is 2. The molecule has 0 radical (unpaired) electrons. The molecule has 1 aliphatic heterocycles. The summed E-state index contributed by atoms with van der Waals surface area (Å²) in [4.78, 5) is 11.6. The Bertz CT molecular complexity index is 336. The molecule has 4 nitrogen and oxygen atoms in total. The highest BCUT2D eigenvalue weighted by Gasteiger charge is 2.29. The van der Waals surface area contributed by atoms with Crippen molar-refractivity contribution in [2.45, 2.75) is 12.2 Å². The molecule has 0 spiro atoms. The number of hydrogen-bond donors (Lipinski definition) is 1. The van der Waals surface area contributed by atoms with Crippen molar-refractivity contribution in [1.82, 2.24) is 0 Å². The average Bonchev–Trinajstić information content (AvgIpc) is 2.66. The van der Waals surface area contributed by atoms with E-state index in [0.29, 0.717) is 5.56 Å². The first-order chi connectivity index (χ1) is 7.27. The third kappa shape index (κ3) is 2.34. The normalized spacial score (nSPS) is 25.1. The first-order valence-corrected chi connectivity index (χ1v) is 4.79. The predicted octanol–water partition coefficient (Wildman–Crippen LogP) is 0.603. The maximum Gasteiger partial charge on any atom is 0.338 e. The smallest absolute Gasteiger partial charge is 0.338 e. The van der Waals surface area contributed by atoms with Gasteiger partial charge in [-0.1, -0.05) is 18.2 Å². The van der Waals surface area contributed by atoms with Crippen LogP contribution in [0.25, 0.3) is 0 Å². The Labute approximate surface area is 87.4 Å². The molecule has 0 bridgehead atoms. The fourth-order valence-electron chi connectivity index (χ4n) is 1.42. The number of carbonyl (C=O) groups is 1. The van der Waals surface area contributed by atoms with Crippen molar-refractivity contribution in [3.63, 3.8) is 0 Å². The minimum absolute atomic E-state index is 0.229. The van der Waals surface area contributed by atoms with Crippen molar-refractivity contribution in [3.05, 3.63) is 35.9 Å². The molecule has 1 heterocycles. The third-order valence-corrected chi connectivity index (χ3v) is 2.27. The summed E-state index contributed by atoms with van der Waals surface area (Å²) in [5.41, 5.74) is 0.483. The van der Waals surface area contributed by atoms with E-state index in [9.17, 15) is 9.90 Å². The lowest BCUT2D eigenvalue weighted by Crippen LogP contribution is -2.29. The molecule has 1 aromatic carbocycles. The van der Waals surface area contributed by atoms with Gasteiger partial charge in [-0.15, -0.1) is 0 Å². The van der Waals surface area contributed by atoms with Gasteiger partial charge in [0.2, 0.25) is 0 Å². The molecule has 2 rings (SSSR count). The molecule has 0 amide bonds. The fourth-order valence-corrected chi connectivity index (χ4v) is 1.42. The second-order valence-electron chi connectivity index (χ2n) is 3.41. The lowest BCUT2D eigenvalue weighted by Gasteiger charge is -2.13. The quantitative estimate of drug-likeness (QED) is 0.723. The van der Waals surface area contributed by atoms with Gasteiger partial charge in [-0.3, -0.25) is 0 Å². The largest absolute Gasteiger partial charge is 0.453 e. The van der Waals surface area contributed by atoms with E-state index in [2.05, 4.69) is 0 Å². The number of esters is 1. The van der Waals surface area contributed by atoms with E-state index in [-0.39, 0.29) is 13.2 Å². The predicted molar refractivity (Wildman–Crippen MR) is 52.5 cm³/mol. The van der Waals surface area contributed by atoms with Crippen LogP contribution >= 0.6 is 0 Å². The molecular weight excluding hydrogens is 196 g/mol. The number of aliphatic hydroxyl groups is 1. The van der Waals surface area contributed by atoms with Crippen molar-refractivity contribution < 1.29 is 19.4 Å². The Morgan fingerprint density at radius 1 is 1.33 bits per heavy atom. The Morgan fingerprint density at radius 3 is 2.67 bits per heavy atom. The number of carbonyl (C=O) groups excluding carboxylic acids is 1. The van der Waals surface area contributed by atoms with Crippen molar-refractivity contribution in [2.24, 2.45) is 0 Å². The summed E-state index contributed by atoms with van der Waals surface area (Å²) in [5, 5.41) is 9.38. The zero-order chi connectivity index (χ0) is 10.7. The van der Waals surface area contributed by atoms with Gasteiger partial charge >= 0.3 is 5.97 Å². The van der Waals surface area contributed by atoms with Crippen LogP contribution in [0.1, 0.15) is 10.4 Å². The highest BCUT2D eigenvalue weighted by molar-refractivity contribution is 5.89. The van der Waals surface area contributed by atoms with E-state index in [1.165, 1.54) is 0 Å². The molecule has 4 heteroatoms. The zero-order valence-corrected chi connectivity index (χ0v) is 8.13. The van der Waals surface area contributed by atoms with E-state index in [4.69, 9.17) is 9.47 Å². The van der Waals surface area contributed by atoms with Gasteiger partial charge in [0, 0.05) is 0 Å². The summed E-state index contributed by atoms with van der Waals surface area (Å²) in [6.45, 7) is 0.493. The van der Waals surface area contributed by atoms with Crippen LogP contribution in [0.5, 0.6) is 0 Å². The molecule has 1 aromatic rings. The van der Waals surface area contributed by atoms with E-state index in [1.807, 2.05) is 6.07 Å². The van der Waals surface area contributed by atoms with Crippen LogP contribution in [0.2, 0.25) is 0 Å². The summed E-state index contributed by atoms with van der Waals surface area (Å²) in [6, 6.07) is 8.69. The van der Waals surface area contributed by atoms with Gasteiger partial charge in [0.15, 0.2) is 6.10 Å². The lowest BCUT2D eigenvalue weighted by molar-refractivity contribution is 0.00114. The maximum absolute atomic E-state index is 11.6. The number of ether oxygens (including phenoxy) is 2. The van der Waals surface area contributed by atoms with E-state index < -0.39 is 18.2 Å². The van der Waals surface area contributed by atoms with Gasteiger partial charge in [-0.2, -0.15) is 0 Å². The lowest BCUT2D eigenvalue weighted by atomic mass is 10.2. The molecule has 1 N–H and O–H groups in total. The Balaban J connectivity index is 1.98. The molecule has 0 unspecified atom stereocenters. The standard InChI is InChI=1S/C11H12O4/c12-9-6-14-7-10(9)15-11(13)8-4-2-1-3-5-8/h1-5,9-10,12H,6-7H2/t9-,10-/m0/s1. The van der Waals surface area contributed by atoms with E-state index >= 15 is 0 Å². The van der Waals surface area contributed by atoms with Crippen molar-refractivity contribution in [1.29, 1.82) is 0 Å². The summed E-state index contributed by atoms with van der Waals surface area (Å²) in [6.07, 6.45) is -1.25. The van der Waals surface area contributed by atoms with Crippen molar-refractivity contribution in [2.75, 3.05) is 13.2 Å². The summed E-state index contributed by atoms with van der Waals surface area (Å²) in [7, 11) is 0. The van der Waals surface area contributed by atoms with Gasteiger partial charge < -0.3 is 14.6 Å². The third-order valence-electron chi connectivity index (χ3n) is 2.27. The minimum Gasteiger partial charge on any atom is -0.453 e. The Morgan fingerprint density at radius 2 is 2.07 bits per heavy atom. The summed E-state index contributed by atoms with van der Waals surface area (Å²) >= 11 is 0. The van der Waals surface area contributed by atoms with Crippen LogP contribution in [0, 0.1) is 0 Å². The first kappa shape index (κ1) is 10.1. The second kappa shape index (κ2) is 4.42. The molecule has 2 atom stereocenters. The van der Waals surface area contributed by atoms with Gasteiger partial charge in [-0.25, -0.2) is 4.79 Å². The second-order valence-corrected chi connectivity index (χ2v) is 3.41. The van der Waals surface area contributed by atoms with Crippen LogP contribution in [-0.4, -0.2) is 36.5 Å². The number of hydrogen-bond acceptors (Lipinski definition) is 4. The van der Waals surface area contributed by atoms with Crippen LogP contribution in [0.4, 0.5) is 0 Å².